The number of nitrogens with zero attached hydrogens (tertiary/aromatic N) is 1. The highest BCUT2D eigenvalue weighted by Crippen LogP contribution is 2.30. The number of hydrogen-bond acceptors (Lipinski definition) is 12. The van der Waals surface area contributed by atoms with Crippen molar-refractivity contribution in [1.82, 2.24) is 0 Å². The summed E-state index contributed by atoms with van der Waals surface area (Å²) in [4.78, 5) is 46.2. The maximum Gasteiger partial charge on any atom is 0.303 e. The number of nitriles is 1. The normalized spacial score (nSPS) is 25.7. The zero-order valence-electron chi connectivity index (χ0n) is 17.6. The number of carbonyl (C=O) groups excluding carboxylic acids is 4. The maximum absolute atomic E-state index is 11.7. The lowest BCUT2D eigenvalue weighted by Gasteiger charge is -2.43. The van der Waals surface area contributed by atoms with Crippen LogP contribution in [0, 0.1) is 11.3 Å². The Morgan fingerprint density at radius 3 is 1.97 bits per heavy atom. The SMILES string of the molecule is CC(=O)OC[C@H]1O[C@@H](OC/C=C(\C#N)CO)[C@H](OC(C)=O)[C@@H](OC(C)=O)[C@@H]1OC(C)=O. The summed E-state index contributed by atoms with van der Waals surface area (Å²) < 4.78 is 31.9. The summed E-state index contributed by atoms with van der Waals surface area (Å²) in [5.74, 6) is -2.91. The number of esters is 4. The molecule has 0 aliphatic carbocycles. The largest absolute Gasteiger partial charge is 0.463 e. The van der Waals surface area contributed by atoms with Gasteiger partial charge >= 0.3 is 23.9 Å². The van der Waals surface area contributed by atoms with Crippen molar-refractivity contribution in [3.05, 3.63) is 11.6 Å². The van der Waals surface area contributed by atoms with Crippen molar-refractivity contribution in [2.45, 2.75) is 58.4 Å². The lowest BCUT2D eigenvalue weighted by molar-refractivity contribution is -0.306. The second-order valence-electron chi connectivity index (χ2n) is 6.40. The minimum absolute atomic E-state index is 0.0191. The molecule has 0 radical (unpaired) electrons. The average molecular weight is 443 g/mol. The van der Waals surface area contributed by atoms with E-state index >= 15 is 0 Å². The topological polar surface area (TPSA) is 168 Å². The van der Waals surface area contributed by atoms with Crippen LogP contribution >= 0.6 is 0 Å². The second kappa shape index (κ2) is 12.6. The van der Waals surface area contributed by atoms with Gasteiger partial charge in [0.05, 0.1) is 24.9 Å². The third-order valence-electron chi connectivity index (χ3n) is 3.85. The monoisotopic (exact) mass is 443 g/mol. The standard InChI is InChI=1S/C19H25NO11/c1-10(22)27-9-15-16(28-11(2)23)17(29-12(3)24)18(30-13(4)25)19(31-15)26-6-5-14(7-20)8-21/h5,15-19,21H,6,8-9H2,1-4H3/b14-5+/t15-,16-,17+,18-,19-/m1/s1. The summed E-state index contributed by atoms with van der Waals surface area (Å²) in [7, 11) is 0. The van der Waals surface area contributed by atoms with Crippen LogP contribution in [0.25, 0.3) is 0 Å². The van der Waals surface area contributed by atoms with Gasteiger partial charge in [-0.25, -0.2) is 0 Å². The van der Waals surface area contributed by atoms with Gasteiger partial charge in [0, 0.05) is 27.7 Å². The second-order valence-corrected chi connectivity index (χ2v) is 6.40. The van der Waals surface area contributed by atoms with Gasteiger partial charge in [0.25, 0.3) is 0 Å². The van der Waals surface area contributed by atoms with Crippen LogP contribution in [-0.2, 0) is 47.6 Å². The molecule has 0 unspecified atom stereocenters. The molecule has 0 amide bonds. The summed E-state index contributed by atoms with van der Waals surface area (Å²) >= 11 is 0. The van der Waals surface area contributed by atoms with Gasteiger partial charge in [-0.2, -0.15) is 5.26 Å². The van der Waals surface area contributed by atoms with Gasteiger partial charge in [0.1, 0.15) is 12.7 Å². The minimum atomic E-state index is -1.35. The first-order chi connectivity index (χ1) is 14.6. The Hall–Kier alpha value is -3.01. The fraction of sp³-hybridized carbons (Fsp3) is 0.632. The van der Waals surface area contributed by atoms with Gasteiger partial charge in [-0.1, -0.05) is 0 Å². The van der Waals surface area contributed by atoms with Crippen molar-refractivity contribution in [2.24, 2.45) is 0 Å². The molecule has 12 heteroatoms. The predicted octanol–water partition coefficient (Wildman–Crippen LogP) is -0.472. The van der Waals surface area contributed by atoms with E-state index < -0.39 is 61.2 Å². The maximum atomic E-state index is 11.7. The molecule has 0 aromatic rings. The smallest absolute Gasteiger partial charge is 0.303 e. The first-order valence-corrected chi connectivity index (χ1v) is 9.21. The van der Waals surface area contributed by atoms with Gasteiger partial charge < -0.3 is 33.5 Å². The molecule has 5 atom stereocenters. The molecule has 0 bridgehead atoms. The molecule has 1 saturated heterocycles. The molecule has 1 fully saturated rings. The van der Waals surface area contributed by atoms with Gasteiger partial charge in [-0.3, -0.25) is 19.2 Å². The fourth-order valence-electron chi connectivity index (χ4n) is 2.71. The number of ether oxygens (including phenoxy) is 6. The zero-order valence-corrected chi connectivity index (χ0v) is 17.6. The third-order valence-corrected chi connectivity index (χ3v) is 3.85. The first kappa shape index (κ1) is 26.0. The summed E-state index contributed by atoms with van der Waals surface area (Å²) in [5.41, 5.74) is 0.0191. The number of hydrogen-bond donors (Lipinski definition) is 1. The van der Waals surface area contributed by atoms with Gasteiger partial charge in [-0.05, 0) is 6.08 Å². The van der Waals surface area contributed by atoms with E-state index in [1.54, 1.807) is 6.07 Å². The molecule has 31 heavy (non-hydrogen) atoms. The molecule has 1 heterocycles. The van der Waals surface area contributed by atoms with Crippen LogP contribution in [0.15, 0.2) is 11.6 Å². The fourth-order valence-corrected chi connectivity index (χ4v) is 2.71. The number of aliphatic hydroxyl groups is 1. The quantitative estimate of drug-likeness (QED) is 0.277. The summed E-state index contributed by atoms with van der Waals surface area (Å²) in [6, 6.07) is 1.76. The first-order valence-electron chi connectivity index (χ1n) is 9.21. The van der Waals surface area contributed by atoms with Crippen LogP contribution in [0.3, 0.4) is 0 Å². The molecule has 1 aliphatic rings. The molecule has 0 aromatic heterocycles. The Kier molecular flexibility index (Phi) is 10.6. The van der Waals surface area contributed by atoms with Crippen molar-refractivity contribution >= 4 is 23.9 Å². The van der Waals surface area contributed by atoms with Crippen LogP contribution in [0.2, 0.25) is 0 Å². The molecular weight excluding hydrogens is 418 g/mol. The lowest BCUT2D eigenvalue weighted by atomic mass is 9.98. The van der Waals surface area contributed by atoms with Crippen LogP contribution in [-0.4, -0.2) is 79.5 Å². The molecule has 1 N–H and O–H groups in total. The van der Waals surface area contributed by atoms with E-state index in [1.807, 2.05) is 0 Å². The Morgan fingerprint density at radius 2 is 1.48 bits per heavy atom. The molecule has 172 valence electrons. The Labute approximate surface area is 178 Å². The Morgan fingerprint density at radius 1 is 0.935 bits per heavy atom. The van der Waals surface area contributed by atoms with Crippen LogP contribution in [0.5, 0.6) is 0 Å². The zero-order chi connectivity index (χ0) is 23.6. The lowest BCUT2D eigenvalue weighted by Crippen LogP contribution is -2.62. The molecule has 1 aliphatic heterocycles. The van der Waals surface area contributed by atoms with Crippen LogP contribution < -0.4 is 0 Å². The van der Waals surface area contributed by atoms with Gasteiger partial charge in [-0.15, -0.1) is 0 Å². The molecular formula is C19H25NO11. The highest BCUT2D eigenvalue weighted by Gasteiger charge is 2.52. The summed E-state index contributed by atoms with van der Waals surface area (Å²) in [6.07, 6.45) is -5.20. The molecule has 0 saturated carbocycles. The predicted molar refractivity (Wildman–Crippen MR) is 98.7 cm³/mol. The minimum Gasteiger partial charge on any atom is -0.463 e. The number of aliphatic hydroxyl groups excluding tert-OH is 1. The molecule has 0 spiro atoms. The van der Waals surface area contributed by atoms with Crippen molar-refractivity contribution in [2.75, 3.05) is 19.8 Å². The molecule has 0 aromatic carbocycles. The van der Waals surface area contributed by atoms with Gasteiger partial charge in [0.15, 0.2) is 24.6 Å². The average Bonchev–Trinajstić information content (AvgIpc) is 2.66. The van der Waals surface area contributed by atoms with Crippen molar-refractivity contribution < 1.29 is 52.7 Å². The summed E-state index contributed by atoms with van der Waals surface area (Å²) in [5, 5.41) is 17.9. The molecule has 12 nitrogen and oxygen atoms in total. The van der Waals surface area contributed by atoms with Crippen molar-refractivity contribution in [3.8, 4) is 6.07 Å². The Balaban J connectivity index is 3.27. The van der Waals surface area contributed by atoms with Crippen LogP contribution in [0.4, 0.5) is 0 Å². The van der Waals surface area contributed by atoms with E-state index in [-0.39, 0.29) is 18.8 Å². The van der Waals surface area contributed by atoms with E-state index in [1.165, 1.54) is 6.08 Å². The van der Waals surface area contributed by atoms with E-state index in [0.29, 0.717) is 0 Å². The van der Waals surface area contributed by atoms with E-state index in [9.17, 15) is 19.2 Å². The van der Waals surface area contributed by atoms with Crippen molar-refractivity contribution in [1.29, 1.82) is 5.26 Å². The van der Waals surface area contributed by atoms with Crippen molar-refractivity contribution in [3.63, 3.8) is 0 Å². The van der Waals surface area contributed by atoms with E-state index in [0.717, 1.165) is 27.7 Å². The molecule has 1 rings (SSSR count). The van der Waals surface area contributed by atoms with E-state index in [2.05, 4.69) is 0 Å². The summed E-state index contributed by atoms with van der Waals surface area (Å²) in [6.45, 7) is 3.34. The highest BCUT2D eigenvalue weighted by atomic mass is 16.7. The Bertz CT molecular complexity index is 742. The van der Waals surface area contributed by atoms with Crippen LogP contribution in [0.1, 0.15) is 27.7 Å². The number of carbonyl (C=O) groups is 4. The third kappa shape index (κ3) is 8.71. The van der Waals surface area contributed by atoms with Gasteiger partial charge in [0.2, 0.25) is 0 Å². The van der Waals surface area contributed by atoms with E-state index in [4.69, 9.17) is 38.8 Å². The highest BCUT2D eigenvalue weighted by molar-refractivity contribution is 5.68. The number of rotatable bonds is 9.